The maximum Gasteiger partial charge on any atom is 0.269 e. The van der Waals surface area contributed by atoms with Crippen LogP contribution in [0.5, 0.6) is 0 Å². The minimum Gasteiger partial charge on any atom is -0.380 e. The van der Waals surface area contributed by atoms with E-state index in [0.717, 1.165) is 5.56 Å². The standard InChI is InChI=1S/C19H20FN3O4/c1-27-12-14-10-16(23(25)26)6-7-17(14)21-18-8-9-22(19(18)24)11-13-2-4-15(20)5-3-13/h2-7,10,18,21H,8-9,11-12H2,1H3. The molecular formula is C19H20FN3O4. The van der Waals surface area contributed by atoms with Crippen molar-refractivity contribution in [2.45, 2.75) is 25.6 Å². The minimum absolute atomic E-state index is 0.0247. The first-order valence-electron chi connectivity index (χ1n) is 8.54. The average molecular weight is 373 g/mol. The van der Waals surface area contributed by atoms with Crippen molar-refractivity contribution >= 4 is 17.3 Å². The zero-order chi connectivity index (χ0) is 19.4. The number of nitro groups is 1. The van der Waals surface area contributed by atoms with E-state index in [9.17, 15) is 19.3 Å². The van der Waals surface area contributed by atoms with Gasteiger partial charge in [-0.05, 0) is 30.2 Å². The van der Waals surface area contributed by atoms with Crippen LogP contribution in [0.25, 0.3) is 0 Å². The highest BCUT2D eigenvalue weighted by molar-refractivity contribution is 5.87. The lowest BCUT2D eigenvalue weighted by Crippen LogP contribution is -2.33. The molecule has 27 heavy (non-hydrogen) atoms. The van der Waals surface area contributed by atoms with Gasteiger partial charge in [-0.25, -0.2) is 4.39 Å². The van der Waals surface area contributed by atoms with Gasteiger partial charge in [-0.2, -0.15) is 0 Å². The van der Waals surface area contributed by atoms with Crippen molar-refractivity contribution in [3.05, 3.63) is 69.5 Å². The molecule has 0 aliphatic carbocycles. The average Bonchev–Trinajstić information content (AvgIpc) is 2.98. The molecule has 1 fully saturated rings. The lowest BCUT2D eigenvalue weighted by atomic mass is 10.1. The molecule has 1 heterocycles. The summed E-state index contributed by atoms with van der Waals surface area (Å²) in [6.45, 7) is 1.20. The highest BCUT2D eigenvalue weighted by Gasteiger charge is 2.32. The minimum atomic E-state index is -0.464. The van der Waals surface area contributed by atoms with E-state index in [1.54, 1.807) is 23.1 Å². The number of halogens is 1. The van der Waals surface area contributed by atoms with Crippen LogP contribution in [0.3, 0.4) is 0 Å². The summed E-state index contributed by atoms with van der Waals surface area (Å²) in [5.74, 6) is -0.365. The van der Waals surface area contributed by atoms with Crippen molar-refractivity contribution in [2.24, 2.45) is 0 Å². The molecule has 0 radical (unpaired) electrons. The fraction of sp³-hybridized carbons (Fsp3) is 0.316. The molecule has 0 aromatic heterocycles. The Morgan fingerprint density at radius 1 is 1.30 bits per heavy atom. The Balaban J connectivity index is 1.70. The number of amides is 1. The molecule has 1 unspecified atom stereocenters. The highest BCUT2D eigenvalue weighted by atomic mass is 19.1. The van der Waals surface area contributed by atoms with Crippen molar-refractivity contribution < 1.29 is 18.8 Å². The molecule has 2 aromatic rings. The predicted octanol–water partition coefficient (Wildman–Crippen LogP) is 3.09. The molecule has 0 spiro atoms. The number of methoxy groups -OCH3 is 1. The van der Waals surface area contributed by atoms with Crippen LogP contribution in [0.2, 0.25) is 0 Å². The van der Waals surface area contributed by atoms with Crippen LogP contribution in [0.15, 0.2) is 42.5 Å². The number of carbonyl (C=O) groups excluding carboxylic acids is 1. The largest absolute Gasteiger partial charge is 0.380 e. The number of likely N-dealkylation sites (tertiary alicyclic amines) is 1. The summed E-state index contributed by atoms with van der Waals surface area (Å²) in [4.78, 5) is 24.9. The van der Waals surface area contributed by atoms with Crippen molar-refractivity contribution in [1.29, 1.82) is 0 Å². The normalized spacial score (nSPS) is 16.6. The van der Waals surface area contributed by atoms with Gasteiger partial charge in [0.05, 0.1) is 11.5 Å². The zero-order valence-electron chi connectivity index (χ0n) is 14.9. The van der Waals surface area contributed by atoms with Gasteiger partial charge < -0.3 is 15.0 Å². The second kappa shape index (κ2) is 8.13. The van der Waals surface area contributed by atoms with Gasteiger partial charge in [0.1, 0.15) is 11.9 Å². The molecule has 1 saturated heterocycles. The van der Waals surface area contributed by atoms with E-state index >= 15 is 0 Å². The molecule has 1 amide bonds. The molecule has 1 aliphatic rings. The number of hydrogen-bond donors (Lipinski definition) is 1. The van der Waals surface area contributed by atoms with Gasteiger partial charge in [-0.15, -0.1) is 0 Å². The summed E-state index contributed by atoms with van der Waals surface area (Å²) in [6, 6.07) is 10.1. The number of carbonyl (C=O) groups is 1. The molecule has 1 atom stereocenters. The van der Waals surface area contributed by atoms with Gasteiger partial charge in [0.2, 0.25) is 5.91 Å². The summed E-state index contributed by atoms with van der Waals surface area (Å²) in [6.07, 6.45) is 0.615. The fourth-order valence-electron chi connectivity index (χ4n) is 3.14. The zero-order valence-corrected chi connectivity index (χ0v) is 14.9. The first-order chi connectivity index (χ1) is 13.0. The number of nitrogens with zero attached hydrogens (tertiary/aromatic N) is 2. The number of non-ortho nitro benzene ring substituents is 1. The summed E-state index contributed by atoms with van der Waals surface area (Å²) in [5, 5.41) is 14.1. The van der Waals surface area contributed by atoms with Crippen LogP contribution in [-0.2, 0) is 22.7 Å². The SMILES string of the molecule is COCc1cc([N+](=O)[O-])ccc1NC1CCN(Cc2ccc(F)cc2)C1=O. The Bertz CT molecular complexity index is 841. The molecule has 1 aliphatic heterocycles. The smallest absolute Gasteiger partial charge is 0.269 e. The van der Waals surface area contributed by atoms with E-state index in [0.29, 0.717) is 30.8 Å². The lowest BCUT2D eigenvalue weighted by molar-refractivity contribution is -0.384. The van der Waals surface area contributed by atoms with Crippen LogP contribution >= 0.6 is 0 Å². The third-order valence-electron chi connectivity index (χ3n) is 4.51. The van der Waals surface area contributed by atoms with Crippen LogP contribution in [0, 0.1) is 15.9 Å². The second-order valence-electron chi connectivity index (χ2n) is 6.40. The Morgan fingerprint density at radius 3 is 2.70 bits per heavy atom. The fourth-order valence-corrected chi connectivity index (χ4v) is 3.14. The number of hydrogen-bond acceptors (Lipinski definition) is 5. The Morgan fingerprint density at radius 2 is 2.04 bits per heavy atom. The van der Waals surface area contributed by atoms with Gasteiger partial charge in [-0.3, -0.25) is 14.9 Å². The summed E-state index contributed by atoms with van der Waals surface area (Å²) >= 11 is 0. The van der Waals surface area contributed by atoms with Crippen molar-refractivity contribution in [3.8, 4) is 0 Å². The molecule has 0 bridgehead atoms. The second-order valence-corrected chi connectivity index (χ2v) is 6.40. The molecule has 0 saturated carbocycles. The molecular weight excluding hydrogens is 353 g/mol. The van der Waals surface area contributed by atoms with Crippen LogP contribution in [-0.4, -0.2) is 35.4 Å². The van der Waals surface area contributed by atoms with Gasteiger partial charge in [0.15, 0.2) is 0 Å². The summed E-state index contributed by atoms with van der Waals surface area (Å²) in [7, 11) is 1.51. The third kappa shape index (κ3) is 4.40. The van der Waals surface area contributed by atoms with E-state index in [1.165, 1.54) is 31.4 Å². The number of nitrogens with one attached hydrogen (secondary N) is 1. The molecule has 2 aromatic carbocycles. The van der Waals surface area contributed by atoms with Gasteiger partial charge in [0, 0.05) is 43.6 Å². The van der Waals surface area contributed by atoms with E-state index in [-0.39, 0.29) is 24.0 Å². The maximum absolute atomic E-state index is 13.0. The van der Waals surface area contributed by atoms with Crippen molar-refractivity contribution in [2.75, 3.05) is 19.0 Å². The van der Waals surface area contributed by atoms with Crippen LogP contribution < -0.4 is 5.32 Å². The predicted molar refractivity (Wildman–Crippen MR) is 97.7 cm³/mol. The third-order valence-corrected chi connectivity index (χ3v) is 4.51. The van der Waals surface area contributed by atoms with Gasteiger partial charge in [0.25, 0.3) is 5.69 Å². The first-order valence-corrected chi connectivity index (χ1v) is 8.54. The first kappa shape index (κ1) is 18.8. The van der Waals surface area contributed by atoms with E-state index in [2.05, 4.69) is 5.32 Å². The number of ether oxygens (including phenoxy) is 1. The Hall–Kier alpha value is -3.00. The quantitative estimate of drug-likeness (QED) is 0.595. The van der Waals surface area contributed by atoms with Gasteiger partial charge in [-0.1, -0.05) is 12.1 Å². The lowest BCUT2D eigenvalue weighted by Gasteiger charge is -2.19. The number of nitro benzene ring substituents is 1. The summed E-state index contributed by atoms with van der Waals surface area (Å²) in [5.41, 5.74) is 2.10. The van der Waals surface area contributed by atoms with Crippen molar-refractivity contribution in [1.82, 2.24) is 4.90 Å². The van der Waals surface area contributed by atoms with Crippen molar-refractivity contribution in [3.63, 3.8) is 0 Å². The monoisotopic (exact) mass is 373 g/mol. The Labute approximate surface area is 155 Å². The molecule has 3 rings (SSSR count). The topological polar surface area (TPSA) is 84.7 Å². The van der Waals surface area contributed by atoms with Crippen LogP contribution in [0.1, 0.15) is 17.5 Å². The van der Waals surface area contributed by atoms with E-state index in [4.69, 9.17) is 4.74 Å². The number of rotatable bonds is 7. The van der Waals surface area contributed by atoms with Gasteiger partial charge >= 0.3 is 0 Å². The highest BCUT2D eigenvalue weighted by Crippen LogP contribution is 2.26. The van der Waals surface area contributed by atoms with E-state index in [1.807, 2.05) is 0 Å². The number of benzene rings is 2. The molecule has 7 nitrogen and oxygen atoms in total. The maximum atomic E-state index is 13.0. The molecule has 8 heteroatoms. The molecule has 142 valence electrons. The molecule has 1 N–H and O–H groups in total. The number of anilines is 1. The van der Waals surface area contributed by atoms with E-state index < -0.39 is 11.0 Å². The van der Waals surface area contributed by atoms with Crippen LogP contribution in [0.4, 0.5) is 15.8 Å². The summed E-state index contributed by atoms with van der Waals surface area (Å²) < 4.78 is 18.1. The Kier molecular flexibility index (Phi) is 5.66.